The molecule has 0 radical (unpaired) electrons. The average Bonchev–Trinajstić information content (AvgIpc) is 2.58. The van der Waals surface area contributed by atoms with Gasteiger partial charge in [-0.1, -0.05) is 0 Å². The maximum atomic E-state index is 12.5. The van der Waals surface area contributed by atoms with E-state index < -0.39 is 11.4 Å². The zero-order valence-electron chi connectivity index (χ0n) is 10.9. The van der Waals surface area contributed by atoms with Crippen LogP contribution in [0.5, 0.6) is 0 Å². The predicted octanol–water partition coefficient (Wildman–Crippen LogP) is 1.55. The summed E-state index contributed by atoms with van der Waals surface area (Å²) in [6, 6.07) is 4.71. The average molecular weight is 276 g/mol. The third kappa shape index (κ3) is 2.12. The van der Waals surface area contributed by atoms with Crippen LogP contribution >= 0.6 is 0 Å². The summed E-state index contributed by atoms with van der Waals surface area (Å²) in [5.41, 5.74) is 0.972. The molecule has 106 valence electrons. The van der Waals surface area contributed by atoms with Crippen LogP contribution in [0.25, 0.3) is 0 Å². The molecule has 1 amide bonds. The van der Waals surface area contributed by atoms with Crippen LogP contribution in [0, 0.1) is 5.41 Å². The van der Waals surface area contributed by atoms with Gasteiger partial charge in [0.15, 0.2) is 0 Å². The van der Waals surface area contributed by atoms with Gasteiger partial charge < -0.3 is 20.5 Å². The van der Waals surface area contributed by atoms with Crippen LogP contribution in [-0.2, 0) is 9.53 Å². The highest BCUT2D eigenvalue weighted by Crippen LogP contribution is 2.37. The zero-order valence-corrected chi connectivity index (χ0v) is 10.9. The number of benzene rings is 1. The molecule has 1 spiro atoms. The summed E-state index contributed by atoms with van der Waals surface area (Å²) in [5, 5.41) is 15.1. The highest BCUT2D eigenvalue weighted by molar-refractivity contribution is 6.01. The Balaban J connectivity index is 1.92. The monoisotopic (exact) mass is 276 g/mol. The third-order valence-electron chi connectivity index (χ3n) is 4.06. The molecule has 20 heavy (non-hydrogen) atoms. The molecule has 0 aliphatic carbocycles. The number of hydrogen-bond donors (Lipinski definition) is 3. The molecule has 0 unspecified atom stereocenters. The van der Waals surface area contributed by atoms with Crippen molar-refractivity contribution >= 4 is 23.3 Å². The molecular formula is C14H16N2O4. The molecule has 1 aromatic rings. The van der Waals surface area contributed by atoms with Gasteiger partial charge in [0.2, 0.25) is 5.91 Å². The fourth-order valence-corrected chi connectivity index (χ4v) is 2.70. The molecule has 2 aliphatic rings. The number of hydrogen-bond acceptors (Lipinski definition) is 4. The number of carboxylic acids is 1. The minimum Gasteiger partial charge on any atom is -0.478 e. The number of aromatic carboxylic acids is 1. The van der Waals surface area contributed by atoms with E-state index in [1.165, 1.54) is 12.1 Å². The van der Waals surface area contributed by atoms with Gasteiger partial charge in [-0.25, -0.2) is 4.79 Å². The number of carboxylic acid groups (broad SMARTS) is 1. The highest BCUT2D eigenvalue weighted by Gasteiger charge is 2.41. The second-order valence-electron chi connectivity index (χ2n) is 5.27. The Morgan fingerprint density at radius 2 is 2.00 bits per heavy atom. The van der Waals surface area contributed by atoms with E-state index in [2.05, 4.69) is 10.6 Å². The molecule has 1 fully saturated rings. The smallest absolute Gasteiger partial charge is 0.335 e. The first-order valence-corrected chi connectivity index (χ1v) is 6.61. The van der Waals surface area contributed by atoms with Crippen LogP contribution in [0.4, 0.5) is 11.4 Å². The summed E-state index contributed by atoms with van der Waals surface area (Å²) in [5.74, 6) is -1.07. The lowest BCUT2D eigenvalue weighted by atomic mass is 9.79. The lowest BCUT2D eigenvalue weighted by Gasteiger charge is -2.34. The van der Waals surface area contributed by atoms with Crippen LogP contribution in [0.15, 0.2) is 18.2 Å². The largest absolute Gasteiger partial charge is 0.478 e. The Kier molecular flexibility index (Phi) is 3.10. The van der Waals surface area contributed by atoms with E-state index in [0.717, 1.165) is 5.69 Å². The number of carbonyl (C=O) groups is 2. The Labute approximate surface area is 116 Å². The highest BCUT2D eigenvalue weighted by atomic mass is 16.5. The topological polar surface area (TPSA) is 87.7 Å². The molecule has 6 nitrogen and oxygen atoms in total. The summed E-state index contributed by atoms with van der Waals surface area (Å²) in [6.45, 7) is 1.69. The second kappa shape index (κ2) is 4.79. The van der Waals surface area contributed by atoms with Crippen molar-refractivity contribution in [3.8, 4) is 0 Å². The predicted molar refractivity (Wildman–Crippen MR) is 73.0 cm³/mol. The van der Waals surface area contributed by atoms with Crippen molar-refractivity contribution < 1.29 is 19.4 Å². The van der Waals surface area contributed by atoms with Gasteiger partial charge in [0, 0.05) is 19.8 Å². The molecule has 6 heteroatoms. The molecule has 0 saturated carbocycles. The summed E-state index contributed by atoms with van der Waals surface area (Å²) in [7, 11) is 0. The fraction of sp³-hybridized carbons (Fsp3) is 0.429. The van der Waals surface area contributed by atoms with Gasteiger partial charge in [-0.3, -0.25) is 4.79 Å². The van der Waals surface area contributed by atoms with E-state index in [4.69, 9.17) is 9.84 Å². The standard InChI is InChI=1S/C14H16N2O4/c17-12(18)9-1-2-10-11(7-9)16-13(19)14(8-15-10)3-5-20-6-4-14/h1-2,7,15H,3-6,8H2,(H,16,19)(H,17,18). The number of nitrogens with one attached hydrogen (secondary N) is 2. The minimum atomic E-state index is -1.01. The number of carbonyl (C=O) groups excluding carboxylic acids is 1. The third-order valence-corrected chi connectivity index (χ3v) is 4.06. The van der Waals surface area contributed by atoms with E-state index in [-0.39, 0.29) is 11.5 Å². The van der Waals surface area contributed by atoms with Crippen LogP contribution in [0.1, 0.15) is 23.2 Å². The second-order valence-corrected chi connectivity index (χ2v) is 5.27. The van der Waals surface area contributed by atoms with Crippen molar-refractivity contribution in [3.05, 3.63) is 23.8 Å². The van der Waals surface area contributed by atoms with E-state index in [0.29, 0.717) is 38.3 Å². The van der Waals surface area contributed by atoms with E-state index in [1.807, 2.05) is 0 Å². The summed E-state index contributed by atoms with van der Waals surface area (Å²) < 4.78 is 5.33. The number of anilines is 2. The van der Waals surface area contributed by atoms with E-state index in [1.54, 1.807) is 6.07 Å². The molecule has 2 aliphatic heterocycles. The Morgan fingerprint density at radius 1 is 1.25 bits per heavy atom. The number of amides is 1. The maximum absolute atomic E-state index is 12.5. The van der Waals surface area contributed by atoms with Gasteiger partial charge in [0.1, 0.15) is 0 Å². The quantitative estimate of drug-likeness (QED) is 0.724. The lowest BCUT2D eigenvalue weighted by Crippen LogP contribution is -2.44. The lowest BCUT2D eigenvalue weighted by molar-refractivity contribution is -0.129. The Hall–Kier alpha value is -2.08. The minimum absolute atomic E-state index is 0.0606. The Bertz CT molecular complexity index is 564. The number of ether oxygens (including phenoxy) is 1. The van der Waals surface area contributed by atoms with Gasteiger partial charge >= 0.3 is 5.97 Å². The van der Waals surface area contributed by atoms with Crippen LogP contribution in [0.3, 0.4) is 0 Å². The van der Waals surface area contributed by atoms with Crippen molar-refractivity contribution in [2.24, 2.45) is 5.41 Å². The van der Waals surface area contributed by atoms with Gasteiger partial charge in [-0.15, -0.1) is 0 Å². The molecular weight excluding hydrogens is 260 g/mol. The van der Waals surface area contributed by atoms with Crippen LogP contribution in [0.2, 0.25) is 0 Å². The summed E-state index contributed by atoms with van der Waals surface area (Å²) >= 11 is 0. The van der Waals surface area contributed by atoms with Crippen molar-refractivity contribution in [1.82, 2.24) is 0 Å². The molecule has 3 N–H and O–H groups in total. The van der Waals surface area contributed by atoms with E-state index >= 15 is 0 Å². The van der Waals surface area contributed by atoms with Crippen molar-refractivity contribution in [2.75, 3.05) is 30.4 Å². The van der Waals surface area contributed by atoms with Crippen molar-refractivity contribution in [3.63, 3.8) is 0 Å². The zero-order chi connectivity index (χ0) is 14.2. The molecule has 0 atom stereocenters. The van der Waals surface area contributed by atoms with Gasteiger partial charge in [0.25, 0.3) is 0 Å². The number of fused-ring (bicyclic) bond motifs is 1. The van der Waals surface area contributed by atoms with Gasteiger partial charge in [0.05, 0.1) is 22.4 Å². The molecule has 1 saturated heterocycles. The molecule has 0 bridgehead atoms. The van der Waals surface area contributed by atoms with Gasteiger partial charge in [-0.2, -0.15) is 0 Å². The maximum Gasteiger partial charge on any atom is 0.335 e. The Morgan fingerprint density at radius 3 is 2.70 bits per heavy atom. The molecule has 2 heterocycles. The van der Waals surface area contributed by atoms with Crippen molar-refractivity contribution in [1.29, 1.82) is 0 Å². The van der Waals surface area contributed by atoms with Gasteiger partial charge in [-0.05, 0) is 31.0 Å². The summed E-state index contributed by atoms with van der Waals surface area (Å²) in [6.07, 6.45) is 1.34. The van der Waals surface area contributed by atoms with Crippen LogP contribution in [-0.4, -0.2) is 36.7 Å². The number of rotatable bonds is 1. The normalized spacial score (nSPS) is 20.5. The first-order chi connectivity index (χ1) is 9.61. The van der Waals surface area contributed by atoms with Crippen LogP contribution < -0.4 is 10.6 Å². The fourth-order valence-electron chi connectivity index (χ4n) is 2.70. The van der Waals surface area contributed by atoms with E-state index in [9.17, 15) is 9.59 Å². The molecule has 3 rings (SSSR count). The SMILES string of the molecule is O=C(O)c1ccc2c(c1)NC(=O)C1(CCOCC1)CN2. The molecule has 0 aromatic heterocycles. The first-order valence-electron chi connectivity index (χ1n) is 6.61. The summed E-state index contributed by atoms with van der Waals surface area (Å²) in [4.78, 5) is 23.5. The van der Waals surface area contributed by atoms with Crippen molar-refractivity contribution in [2.45, 2.75) is 12.8 Å². The molecule has 1 aromatic carbocycles. The first kappa shape index (κ1) is 12.9.